The molecule has 0 aliphatic rings. The van der Waals surface area contributed by atoms with Crippen LogP contribution < -0.4 is 0 Å². The highest BCUT2D eigenvalue weighted by molar-refractivity contribution is 5.94. The summed E-state index contributed by atoms with van der Waals surface area (Å²) >= 11 is 0. The van der Waals surface area contributed by atoms with Crippen molar-refractivity contribution in [2.75, 3.05) is 0 Å². The van der Waals surface area contributed by atoms with Gasteiger partial charge in [-0.1, -0.05) is 61.2 Å². The second-order valence-corrected chi connectivity index (χ2v) is 5.37. The quantitative estimate of drug-likeness (QED) is 0.447. The SMILES string of the molecule is C=C(C)C(=O)OOOC(=O)/C(C)=C/c1ccccc1-c1ccccc1. The fourth-order valence-corrected chi connectivity index (χ4v) is 2.01. The molecule has 128 valence electrons. The predicted molar refractivity (Wildman–Crippen MR) is 93.6 cm³/mol. The van der Waals surface area contributed by atoms with Gasteiger partial charge in [0.25, 0.3) is 0 Å². The van der Waals surface area contributed by atoms with Crippen molar-refractivity contribution in [1.29, 1.82) is 0 Å². The van der Waals surface area contributed by atoms with Crippen LogP contribution in [-0.4, -0.2) is 11.9 Å². The van der Waals surface area contributed by atoms with Gasteiger partial charge in [0.2, 0.25) is 0 Å². The van der Waals surface area contributed by atoms with E-state index in [-0.39, 0.29) is 11.1 Å². The Bertz CT molecular complexity index is 806. The number of carbonyl (C=O) groups is 2. The van der Waals surface area contributed by atoms with Gasteiger partial charge in [-0.15, -0.1) is 0 Å². The Morgan fingerprint density at radius 2 is 1.48 bits per heavy atom. The highest BCUT2D eigenvalue weighted by atomic mass is 17.5. The van der Waals surface area contributed by atoms with E-state index in [4.69, 9.17) is 0 Å². The highest BCUT2D eigenvalue weighted by Gasteiger charge is 2.12. The molecular weight excluding hydrogens is 320 g/mol. The van der Waals surface area contributed by atoms with E-state index in [1.54, 1.807) is 13.0 Å². The normalized spacial score (nSPS) is 10.9. The van der Waals surface area contributed by atoms with Crippen LogP contribution in [0.2, 0.25) is 0 Å². The van der Waals surface area contributed by atoms with Gasteiger partial charge in [-0.05, 0) is 36.6 Å². The van der Waals surface area contributed by atoms with Gasteiger partial charge in [0.05, 0.1) is 0 Å². The van der Waals surface area contributed by atoms with E-state index in [0.29, 0.717) is 0 Å². The zero-order valence-corrected chi connectivity index (χ0v) is 14.0. The first-order chi connectivity index (χ1) is 12.0. The standard InChI is InChI=1S/C20H18O5/c1-14(2)19(21)23-25-24-20(22)15(3)13-17-11-7-8-12-18(17)16-9-5-4-6-10-16/h4-13H,1H2,2-3H3/b15-13+. The van der Waals surface area contributed by atoms with Crippen LogP contribution in [0.1, 0.15) is 19.4 Å². The van der Waals surface area contributed by atoms with Crippen molar-refractivity contribution in [3.8, 4) is 11.1 Å². The maximum atomic E-state index is 11.9. The molecule has 5 heteroatoms. The van der Waals surface area contributed by atoms with Crippen LogP contribution in [-0.2, 0) is 24.4 Å². The first kappa shape index (κ1) is 18.2. The molecule has 0 bridgehead atoms. The Balaban J connectivity index is 2.11. The molecule has 0 radical (unpaired) electrons. The lowest BCUT2D eigenvalue weighted by molar-refractivity contribution is -0.456. The van der Waals surface area contributed by atoms with Gasteiger partial charge in [0.15, 0.2) is 0 Å². The van der Waals surface area contributed by atoms with Crippen molar-refractivity contribution in [2.45, 2.75) is 13.8 Å². The lowest BCUT2D eigenvalue weighted by atomic mass is 9.98. The summed E-state index contributed by atoms with van der Waals surface area (Å²) in [5.41, 5.74) is 3.27. The van der Waals surface area contributed by atoms with Gasteiger partial charge in [0.1, 0.15) is 0 Å². The molecule has 25 heavy (non-hydrogen) atoms. The number of carbonyl (C=O) groups excluding carboxylic acids is 2. The third-order valence-electron chi connectivity index (χ3n) is 3.31. The van der Waals surface area contributed by atoms with Crippen LogP contribution >= 0.6 is 0 Å². The van der Waals surface area contributed by atoms with Crippen molar-refractivity contribution in [1.82, 2.24) is 0 Å². The summed E-state index contributed by atoms with van der Waals surface area (Å²) in [7, 11) is 0. The smallest absolute Gasteiger partial charge is 0.254 e. The Morgan fingerprint density at radius 3 is 2.16 bits per heavy atom. The van der Waals surface area contributed by atoms with Crippen molar-refractivity contribution in [2.24, 2.45) is 0 Å². The zero-order chi connectivity index (χ0) is 18.2. The summed E-state index contributed by atoms with van der Waals surface area (Å²) in [6.45, 7) is 6.40. The topological polar surface area (TPSA) is 61.8 Å². The molecule has 0 heterocycles. The van der Waals surface area contributed by atoms with Crippen molar-refractivity contribution in [3.63, 3.8) is 0 Å². The van der Waals surface area contributed by atoms with Gasteiger partial charge >= 0.3 is 11.9 Å². The van der Waals surface area contributed by atoms with E-state index in [0.717, 1.165) is 16.7 Å². The number of rotatable bonds is 6. The summed E-state index contributed by atoms with van der Waals surface area (Å²) in [5.74, 6) is -1.58. The molecule has 0 atom stereocenters. The van der Waals surface area contributed by atoms with Crippen molar-refractivity contribution >= 4 is 18.0 Å². The molecule has 0 fully saturated rings. The minimum atomic E-state index is -0.816. The summed E-state index contributed by atoms with van der Waals surface area (Å²) < 4.78 is 0. The number of hydrogen-bond donors (Lipinski definition) is 0. The van der Waals surface area contributed by atoms with Crippen LogP contribution in [0.5, 0.6) is 0 Å². The van der Waals surface area contributed by atoms with Gasteiger partial charge in [-0.3, -0.25) is 9.78 Å². The fraction of sp³-hybridized carbons (Fsp3) is 0.100. The average Bonchev–Trinajstić information content (AvgIpc) is 2.62. The molecule has 0 amide bonds. The van der Waals surface area contributed by atoms with E-state index in [1.165, 1.54) is 6.92 Å². The largest absolute Gasteiger partial charge is 0.373 e. The van der Waals surface area contributed by atoms with E-state index in [9.17, 15) is 9.59 Å². The van der Waals surface area contributed by atoms with Crippen molar-refractivity contribution in [3.05, 3.63) is 77.9 Å². The predicted octanol–water partition coefficient (Wildman–Crippen LogP) is 4.27. The van der Waals surface area contributed by atoms with Crippen LogP contribution in [0.4, 0.5) is 0 Å². The van der Waals surface area contributed by atoms with E-state index in [2.05, 4.69) is 21.4 Å². The number of benzene rings is 2. The van der Waals surface area contributed by atoms with E-state index < -0.39 is 11.9 Å². The Kier molecular flexibility index (Phi) is 6.26. The summed E-state index contributed by atoms with van der Waals surface area (Å²) in [6, 6.07) is 17.5. The molecule has 5 nitrogen and oxygen atoms in total. The number of hydrogen-bond acceptors (Lipinski definition) is 5. The summed E-state index contributed by atoms with van der Waals surface area (Å²) in [5, 5.41) is 4.19. The zero-order valence-electron chi connectivity index (χ0n) is 14.0. The molecule has 0 saturated heterocycles. The lowest BCUT2D eigenvalue weighted by Gasteiger charge is -2.07. The van der Waals surface area contributed by atoms with Gasteiger partial charge in [0, 0.05) is 16.2 Å². The lowest BCUT2D eigenvalue weighted by Crippen LogP contribution is -2.11. The molecule has 0 saturated carbocycles. The van der Waals surface area contributed by atoms with Crippen LogP contribution in [0.3, 0.4) is 0 Å². The first-order valence-corrected chi connectivity index (χ1v) is 7.57. The highest BCUT2D eigenvalue weighted by Crippen LogP contribution is 2.25. The maximum Gasteiger partial charge on any atom is 0.373 e. The molecule has 0 aliphatic carbocycles. The molecule has 0 spiro atoms. The molecule has 0 N–H and O–H groups in total. The minimum Gasteiger partial charge on any atom is -0.254 e. The summed E-state index contributed by atoms with van der Waals surface area (Å²) in [6.07, 6.45) is 1.68. The Hall–Kier alpha value is -3.18. The monoisotopic (exact) mass is 338 g/mol. The summed E-state index contributed by atoms with van der Waals surface area (Å²) in [4.78, 5) is 31.8. The molecule has 2 aromatic rings. The van der Waals surface area contributed by atoms with Crippen LogP contribution in [0.25, 0.3) is 17.2 Å². The molecule has 0 aliphatic heterocycles. The van der Waals surface area contributed by atoms with Gasteiger partial charge in [-0.25, -0.2) is 9.59 Å². The fourth-order valence-electron chi connectivity index (χ4n) is 2.01. The third kappa shape index (κ3) is 5.16. The first-order valence-electron chi connectivity index (χ1n) is 7.57. The second kappa shape index (κ2) is 8.61. The van der Waals surface area contributed by atoms with Crippen LogP contribution in [0, 0.1) is 0 Å². The Labute approximate surface area is 146 Å². The second-order valence-electron chi connectivity index (χ2n) is 5.37. The molecule has 2 rings (SSSR count). The third-order valence-corrected chi connectivity index (χ3v) is 3.31. The molecule has 2 aromatic carbocycles. The van der Waals surface area contributed by atoms with E-state index >= 15 is 0 Å². The van der Waals surface area contributed by atoms with Gasteiger partial charge < -0.3 is 0 Å². The minimum absolute atomic E-state index is 0.125. The maximum absolute atomic E-state index is 11.9. The molecular formula is C20H18O5. The molecule has 0 aromatic heterocycles. The Morgan fingerprint density at radius 1 is 0.880 bits per heavy atom. The average molecular weight is 338 g/mol. The molecule has 0 unspecified atom stereocenters. The van der Waals surface area contributed by atoms with Crippen molar-refractivity contribution < 1.29 is 24.4 Å². The van der Waals surface area contributed by atoms with Gasteiger partial charge in [-0.2, -0.15) is 0 Å². The van der Waals surface area contributed by atoms with Crippen LogP contribution in [0.15, 0.2) is 72.3 Å². The van der Waals surface area contributed by atoms with E-state index in [1.807, 2.05) is 54.6 Å².